The Morgan fingerprint density at radius 3 is 2.46 bits per heavy atom. The Balaban J connectivity index is 2.08. The van der Waals surface area contributed by atoms with Crippen LogP contribution in [0.3, 0.4) is 0 Å². The van der Waals surface area contributed by atoms with E-state index in [0.29, 0.717) is 18.1 Å². The molecule has 0 saturated heterocycles. The van der Waals surface area contributed by atoms with E-state index in [1.165, 1.54) is 24.8 Å². The van der Waals surface area contributed by atoms with Crippen molar-refractivity contribution in [3.8, 4) is 11.5 Å². The van der Waals surface area contributed by atoms with Gasteiger partial charge in [-0.25, -0.2) is 4.57 Å². The molecule has 0 spiro atoms. The summed E-state index contributed by atoms with van der Waals surface area (Å²) in [6.07, 6.45) is 6.32. The van der Waals surface area contributed by atoms with Gasteiger partial charge in [-0.15, -0.1) is 11.6 Å². The van der Waals surface area contributed by atoms with Gasteiger partial charge in [0, 0.05) is 5.88 Å². The number of hydrogen-bond acceptors (Lipinski definition) is 3. The predicted octanol–water partition coefficient (Wildman–Crippen LogP) is 6.15. The molecule has 26 heavy (non-hydrogen) atoms. The Bertz CT molecular complexity index is 721. The lowest BCUT2D eigenvalue weighted by molar-refractivity contribution is 0.290. The fourth-order valence-electron chi connectivity index (χ4n) is 2.69. The maximum atomic E-state index is 12.3. The summed E-state index contributed by atoms with van der Waals surface area (Å²) < 4.78 is 22.8. The highest BCUT2D eigenvalue weighted by Crippen LogP contribution is 2.45. The van der Waals surface area contributed by atoms with Crippen molar-refractivity contribution in [2.24, 2.45) is 0 Å². The van der Waals surface area contributed by atoms with E-state index in [0.717, 1.165) is 18.4 Å². The van der Waals surface area contributed by atoms with Crippen LogP contribution in [0.15, 0.2) is 48.5 Å². The number of alkyl halides is 1. The molecule has 142 valence electrons. The van der Waals surface area contributed by atoms with Crippen molar-refractivity contribution < 1.29 is 18.5 Å². The van der Waals surface area contributed by atoms with Gasteiger partial charge in [-0.05, 0) is 48.6 Å². The Kier molecular flexibility index (Phi) is 8.50. The first-order valence-corrected chi connectivity index (χ1v) is 11.0. The van der Waals surface area contributed by atoms with Crippen molar-refractivity contribution >= 4 is 19.4 Å². The number of para-hydroxylation sites is 1. The fraction of sp³-hybridized carbons (Fsp3) is 0.400. The van der Waals surface area contributed by atoms with Crippen LogP contribution in [0.4, 0.5) is 0 Å². The first-order chi connectivity index (χ1) is 12.5. The van der Waals surface area contributed by atoms with Crippen LogP contribution in [-0.2, 0) is 17.4 Å². The second-order valence-corrected chi connectivity index (χ2v) is 7.84. The van der Waals surface area contributed by atoms with Crippen LogP contribution in [-0.4, -0.2) is 10.8 Å². The van der Waals surface area contributed by atoms with Gasteiger partial charge in [0.1, 0.15) is 11.5 Å². The molecule has 0 fully saturated rings. The highest BCUT2D eigenvalue weighted by Gasteiger charge is 2.26. The molecule has 0 amide bonds. The van der Waals surface area contributed by atoms with Gasteiger partial charge in [0.25, 0.3) is 0 Å². The SMILES string of the molecule is CCCCCCc1ccc(OP(=O)(O)Oc2ccccc2)c(CCCl)c1. The van der Waals surface area contributed by atoms with Crippen molar-refractivity contribution in [3.63, 3.8) is 0 Å². The van der Waals surface area contributed by atoms with Crippen molar-refractivity contribution in [1.29, 1.82) is 0 Å². The second-order valence-electron chi connectivity index (χ2n) is 6.16. The van der Waals surface area contributed by atoms with E-state index >= 15 is 0 Å². The standard InChI is InChI=1S/C20H26ClO4P/c1-2-3-4-6-9-17-12-13-20(18(16-17)14-15-21)25-26(22,23)24-19-10-7-5-8-11-19/h5,7-8,10-13,16H,2-4,6,9,14-15H2,1H3,(H,22,23). The first-order valence-electron chi connectivity index (χ1n) is 8.99. The number of aryl methyl sites for hydroxylation is 2. The van der Waals surface area contributed by atoms with Crippen LogP contribution in [0.2, 0.25) is 0 Å². The van der Waals surface area contributed by atoms with Crippen molar-refractivity contribution in [1.82, 2.24) is 0 Å². The highest BCUT2D eigenvalue weighted by atomic mass is 35.5. The molecule has 0 aliphatic heterocycles. The Morgan fingerprint density at radius 1 is 1.00 bits per heavy atom. The first kappa shape index (κ1) is 20.8. The molecule has 0 heterocycles. The van der Waals surface area contributed by atoms with Crippen LogP contribution in [0.5, 0.6) is 11.5 Å². The smallest absolute Gasteiger partial charge is 0.395 e. The summed E-state index contributed by atoms with van der Waals surface area (Å²) in [4.78, 5) is 10.1. The molecule has 0 aliphatic carbocycles. The summed E-state index contributed by atoms with van der Waals surface area (Å²) in [5.74, 6) is 1.03. The number of phosphoric acid groups is 1. The van der Waals surface area contributed by atoms with Crippen molar-refractivity contribution in [2.75, 3.05) is 5.88 Å². The van der Waals surface area contributed by atoms with E-state index in [1.807, 2.05) is 12.1 Å². The van der Waals surface area contributed by atoms with Crippen LogP contribution in [0, 0.1) is 0 Å². The van der Waals surface area contributed by atoms with Crippen LogP contribution in [0.25, 0.3) is 0 Å². The normalized spacial score (nSPS) is 13.2. The zero-order valence-corrected chi connectivity index (χ0v) is 16.7. The average molecular weight is 397 g/mol. The zero-order valence-electron chi connectivity index (χ0n) is 15.1. The largest absolute Gasteiger partial charge is 0.584 e. The Labute approximate surface area is 160 Å². The maximum Gasteiger partial charge on any atom is 0.584 e. The van der Waals surface area contributed by atoms with E-state index < -0.39 is 7.82 Å². The van der Waals surface area contributed by atoms with Gasteiger partial charge in [0.15, 0.2) is 0 Å². The van der Waals surface area contributed by atoms with Gasteiger partial charge in [-0.1, -0.05) is 56.5 Å². The summed E-state index contributed by atoms with van der Waals surface area (Å²) in [6, 6.07) is 14.1. The lowest BCUT2D eigenvalue weighted by atomic mass is 10.0. The minimum absolute atomic E-state index is 0.282. The molecule has 0 saturated carbocycles. The molecule has 1 unspecified atom stereocenters. The summed E-state index contributed by atoms with van der Waals surface area (Å²) in [5, 5.41) is 0. The minimum Gasteiger partial charge on any atom is -0.395 e. The Hall–Kier alpha value is -1.48. The predicted molar refractivity (Wildman–Crippen MR) is 106 cm³/mol. The number of halogens is 1. The van der Waals surface area contributed by atoms with E-state index in [-0.39, 0.29) is 5.75 Å². The molecule has 6 heteroatoms. The zero-order chi connectivity index (χ0) is 18.8. The van der Waals surface area contributed by atoms with Gasteiger partial charge >= 0.3 is 7.82 Å². The van der Waals surface area contributed by atoms with Crippen LogP contribution < -0.4 is 9.05 Å². The number of benzene rings is 2. The number of phosphoric ester groups is 1. The number of unbranched alkanes of at least 4 members (excludes halogenated alkanes) is 3. The molecule has 1 N–H and O–H groups in total. The van der Waals surface area contributed by atoms with Crippen molar-refractivity contribution in [2.45, 2.75) is 45.4 Å². The second kappa shape index (κ2) is 10.6. The topological polar surface area (TPSA) is 55.8 Å². The van der Waals surface area contributed by atoms with Gasteiger partial charge in [-0.2, -0.15) is 0 Å². The Morgan fingerprint density at radius 2 is 1.77 bits per heavy atom. The van der Waals surface area contributed by atoms with Crippen LogP contribution >= 0.6 is 19.4 Å². The molecule has 4 nitrogen and oxygen atoms in total. The molecule has 0 bridgehead atoms. The van der Waals surface area contributed by atoms with Crippen molar-refractivity contribution in [3.05, 3.63) is 59.7 Å². The van der Waals surface area contributed by atoms with Crippen LogP contribution in [0.1, 0.15) is 43.7 Å². The number of rotatable bonds is 11. The molecule has 2 aromatic carbocycles. The van der Waals surface area contributed by atoms with Gasteiger partial charge in [0.2, 0.25) is 0 Å². The molecule has 2 rings (SSSR count). The monoisotopic (exact) mass is 396 g/mol. The molecular formula is C20H26ClO4P. The third-order valence-electron chi connectivity index (χ3n) is 3.99. The van der Waals surface area contributed by atoms with Gasteiger partial charge in [0.05, 0.1) is 0 Å². The highest BCUT2D eigenvalue weighted by molar-refractivity contribution is 7.48. The molecule has 0 aromatic heterocycles. The van der Waals surface area contributed by atoms with Gasteiger partial charge in [-0.3, -0.25) is 4.89 Å². The fourth-order valence-corrected chi connectivity index (χ4v) is 3.74. The summed E-state index contributed by atoms with van der Waals surface area (Å²) in [5.41, 5.74) is 2.00. The third kappa shape index (κ3) is 7.03. The summed E-state index contributed by atoms with van der Waals surface area (Å²) in [6.45, 7) is 2.19. The maximum absolute atomic E-state index is 12.3. The minimum atomic E-state index is -4.28. The third-order valence-corrected chi connectivity index (χ3v) is 5.04. The lowest BCUT2D eigenvalue weighted by Gasteiger charge is -2.17. The van der Waals surface area contributed by atoms with E-state index in [1.54, 1.807) is 36.4 Å². The van der Waals surface area contributed by atoms with Gasteiger partial charge < -0.3 is 9.05 Å². The van der Waals surface area contributed by atoms with E-state index in [2.05, 4.69) is 6.92 Å². The van der Waals surface area contributed by atoms with E-state index in [9.17, 15) is 9.46 Å². The van der Waals surface area contributed by atoms with E-state index in [4.69, 9.17) is 20.6 Å². The molecule has 1 atom stereocenters. The molecule has 0 aliphatic rings. The molecule has 0 radical (unpaired) electrons. The number of hydrogen-bond donors (Lipinski definition) is 1. The molecular weight excluding hydrogens is 371 g/mol. The summed E-state index contributed by atoms with van der Waals surface area (Å²) in [7, 11) is -4.28. The molecule has 2 aromatic rings. The lowest BCUT2D eigenvalue weighted by Crippen LogP contribution is -2.03. The summed E-state index contributed by atoms with van der Waals surface area (Å²) >= 11 is 5.89. The average Bonchev–Trinajstić information content (AvgIpc) is 2.61. The quantitative estimate of drug-likeness (QED) is 0.281.